The van der Waals surface area contributed by atoms with Gasteiger partial charge in [0.15, 0.2) is 0 Å². The highest BCUT2D eigenvalue weighted by Gasteiger charge is 2.16. The van der Waals surface area contributed by atoms with E-state index >= 15 is 0 Å². The smallest absolute Gasteiger partial charge is 0.237 e. The Kier molecular flexibility index (Phi) is 19.9. The highest BCUT2D eigenvalue weighted by molar-refractivity contribution is 6.21. The molecule has 0 atom stereocenters. The van der Waals surface area contributed by atoms with Gasteiger partial charge in [0.25, 0.3) is 0 Å². The molecule has 0 spiro atoms. The Hall–Kier alpha value is -0.240. The van der Waals surface area contributed by atoms with Crippen molar-refractivity contribution in [1.29, 1.82) is 0 Å². The van der Waals surface area contributed by atoms with E-state index in [1.54, 1.807) is 0 Å². The molecule has 1 N–H and O–H groups in total. The molecule has 0 aliphatic rings. The summed E-state index contributed by atoms with van der Waals surface area (Å²) in [5, 5.41) is 0. The first kappa shape index (κ1) is 24.8. The van der Waals surface area contributed by atoms with E-state index in [0.29, 0.717) is 0 Å². The molecule has 0 aromatic heterocycles. The van der Waals surface area contributed by atoms with Gasteiger partial charge in [-0.25, -0.2) is 0 Å². The van der Waals surface area contributed by atoms with E-state index < -0.39 is 0 Å². The molecule has 0 bridgehead atoms. The van der Waals surface area contributed by atoms with Crippen LogP contribution >= 0.6 is 11.8 Å². The molecule has 0 aliphatic carbocycles. The van der Waals surface area contributed by atoms with E-state index in [4.69, 9.17) is 11.8 Å². The summed E-state index contributed by atoms with van der Waals surface area (Å²) in [5.74, 6) is 0.158. The molecule has 150 valence electrons. The summed E-state index contributed by atoms with van der Waals surface area (Å²) < 4.78 is 0. The van der Waals surface area contributed by atoms with Crippen molar-refractivity contribution >= 4 is 17.7 Å². The highest BCUT2D eigenvalue weighted by atomic mass is 35.5. The van der Waals surface area contributed by atoms with E-state index in [-0.39, 0.29) is 11.8 Å². The molecule has 3 heteroatoms. The summed E-state index contributed by atoms with van der Waals surface area (Å²) in [6, 6.07) is 0. The van der Waals surface area contributed by atoms with Crippen molar-refractivity contribution in [2.75, 3.05) is 0 Å². The number of hydrogen-bond acceptors (Lipinski definition) is 1. The monoisotopic (exact) mass is 373 g/mol. The molecule has 0 aliphatic heterocycles. The van der Waals surface area contributed by atoms with Crippen molar-refractivity contribution in [3.63, 3.8) is 0 Å². The summed E-state index contributed by atoms with van der Waals surface area (Å²) in [5.41, 5.74) is 0. The minimum absolute atomic E-state index is 0.0348. The molecule has 0 heterocycles. The molecule has 0 aromatic carbocycles. The van der Waals surface area contributed by atoms with E-state index in [1.165, 1.54) is 103 Å². The maximum Gasteiger partial charge on any atom is 0.237 e. The lowest BCUT2D eigenvalue weighted by Crippen LogP contribution is -2.23. The Bertz CT molecular complexity index is 263. The molecule has 0 saturated carbocycles. The highest BCUT2D eigenvalue weighted by Crippen LogP contribution is 2.20. The zero-order chi connectivity index (χ0) is 18.6. The maximum absolute atomic E-state index is 11.9. The summed E-state index contributed by atoms with van der Waals surface area (Å²) in [6.45, 7) is 4.52. The molecule has 0 saturated heterocycles. The normalized spacial score (nSPS) is 11.2. The minimum Gasteiger partial charge on any atom is -0.273 e. The van der Waals surface area contributed by atoms with Crippen molar-refractivity contribution in [3.8, 4) is 0 Å². The van der Waals surface area contributed by atoms with E-state index in [2.05, 4.69) is 18.7 Å². The third-order valence-corrected chi connectivity index (χ3v) is 5.46. The Morgan fingerprint density at radius 3 is 1.28 bits per heavy atom. The van der Waals surface area contributed by atoms with Gasteiger partial charge in [0.2, 0.25) is 5.91 Å². The van der Waals surface area contributed by atoms with Gasteiger partial charge in [-0.15, -0.1) is 0 Å². The first-order valence-corrected chi connectivity index (χ1v) is 11.5. The van der Waals surface area contributed by atoms with Gasteiger partial charge in [0.05, 0.1) is 0 Å². The second-order valence-electron chi connectivity index (χ2n) is 7.68. The fourth-order valence-corrected chi connectivity index (χ4v) is 3.69. The lowest BCUT2D eigenvalue weighted by Gasteiger charge is -2.14. The quantitative estimate of drug-likeness (QED) is 0.181. The Morgan fingerprint density at radius 1 is 0.640 bits per heavy atom. The van der Waals surface area contributed by atoms with Crippen LogP contribution in [0.25, 0.3) is 0 Å². The lowest BCUT2D eigenvalue weighted by atomic mass is 9.93. The molecule has 0 unspecified atom stereocenters. The number of carbonyl (C=O) groups excluding carboxylic acids is 1. The van der Waals surface area contributed by atoms with Crippen LogP contribution in [0.3, 0.4) is 0 Å². The lowest BCUT2D eigenvalue weighted by molar-refractivity contribution is -0.123. The average molecular weight is 374 g/mol. The number of nitrogens with one attached hydrogen (secondary N) is 1. The van der Waals surface area contributed by atoms with Crippen molar-refractivity contribution in [2.24, 2.45) is 5.92 Å². The van der Waals surface area contributed by atoms with Crippen LogP contribution in [0.2, 0.25) is 0 Å². The molecular formula is C22H44ClNO. The topological polar surface area (TPSA) is 29.1 Å². The Morgan fingerprint density at radius 2 is 0.960 bits per heavy atom. The molecule has 1 amide bonds. The van der Waals surface area contributed by atoms with E-state index in [0.717, 1.165) is 12.8 Å². The van der Waals surface area contributed by atoms with Gasteiger partial charge in [-0.1, -0.05) is 117 Å². The standard InChI is InChI=1S/C22H44ClNO/c1-3-5-7-9-11-13-15-17-19-21(22(25)24-23)20-18-16-14-12-10-8-6-4-2/h21H,3-20H2,1-2H3,(H,24,25). The third-order valence-electron chi connectivity index (χ3n) is 5.28. The van der Waals surface area contributed by atoms with Gasteiger partial charge in [-0.2, -0.15) is 0 Å². The number of hydrogen-bond donors (Lipinski definition) is 1. The SMILES string of the molecule is CCCCCCCCCCC(CCCCCCCCCC)C(=O)NCl. The van der Waals surface area contributed by atoms with Gasteiger partial charge in [0.1, 0.15) is 0 Å². The first-order valence-electron chi connectivity index (χ1n) is 11.2. The van der Waals surface area contributed by atoms with Crippen LogP contribution in [0, 0.1) is 5.92 Å². The second-order valence-corrected chi connectivity index (χ2v) is 7.87. The first-order chi connectivity index (χ1) is 12.3. The summed E-state index contributed by atoms with van der Waals surface area (Å²) >= 11 is 5.57. The number of unbranched alkanes of at least 4 members (excludes halogenated alkanes) is 14. The summed E-state index contributed by atoms with van der Waals surface area (Å²) in [6.07, 6.45) is 23.1. The fraction of sp³-hybridized carbons (Fsp3) is 0.955. The molecule has 0 rings (SSSR count). The van der Waals surface area contributed by atoms with Gasteiger partial charge < -0.3 is 0 Å². The molecule has 2 nitrogen and oxygen atoms in total. The van der Waals surface area contributed by atoms with Crippen LogP contribution < -0.4 is 4.84 Å². The van der Waals surface area contributed by atoms with Crippen LogP contribution in [0.15, 0.2) is 0 Å². The molecule has 25 heavy (non-hydrogen) atoms. The van der Waals surface area contributed by atoms with Gasteiger partial charge in [-0.05, 0) is 12.8 Å². The fourth-order valence-electron chi connectivity index (χ4n) is 3.53. The van der Waals surface area contributed by atoms with Crippen LogP contribution in [0.5, 0.6) is 0 Å². The molecule has 0 radical (unpaired) electrons. The van der Waals surface area contributed by atoms with Gasteiger partial charge >= 0.3 is 0 Å². The molecular weight excluding hydrogens is 330 g/mol. The van der Waals surface area contributed by atoms with Crippen LogP contribution in [-0.2, 0) is 4.79 Å². The third kappa shape index (κ3) is 17.0. The van der Waals surface area contributed by atoms with E-state index in [9.17, 15) is 4.79 Å². The Labute approximate surface area is 163 Å². The van der Waals surface area contributed by atoms with Crippen LogP contribution in [-0.4, -0.2) is 5.91 Å². The predicted molar refractivity (Wildman–Crippen MR) is 112 cm³/mol. The van der Waals surface area contributed by atoms with Gasteiger partial charge in [-0.3, -0.25) is 9.63 Å². The largest absolute Gasteiger partial charge is 0.273 e. The van der Waals surface area contributed by atoms with Crippen LogP contribution in [0.1, 0.15) is 129 Å². The second kappa shape index (κ2) is 20.1. The minimum atomic E-state index is 0.0348. The number of rotatable bonds is 19. The number of halogens is 1. The van der Waals surface area contributed by atoms with Crippen molar-refractivity contribution in [2.45, 2.75) is 129 Å². The Balaban J connectivity index is 3.64. The average Bonchev–Trinajstić information content (AvgIpc) is 2.63. The molecule has 0 fully saturated rings. The zero-order valence-electron chi connectivity index (χ0n) is 17.1. The van der Waals surface area contributed by atoms with Crippen molar-refractivity contribution in [1.82, 2.24) is 4.84 Å². The van der Waals surface area contributed by atoms with E-state index in [1.807, 2.05) is 0 Å². The van der Waals surface area contributed by atoms with Gasteiger partial charge in [0, 0.05) is 17.7 Å². The molecule has 0 aromatic rings. The van der Waals surface area contributed by atoms with Crippen molar-refractivity contribution in [3.05, 3.63) is 0 Å². The number of carbonyl (C=O) groups is 1. The number of amides is 1. The van der Waals surface area contributed by atoms with Crippen LogP contribution in [0.4, 0.5) is 0 Å². The zero-order valence-corrected chi connectivity index (χ0v) is 17.8. The van der Waals surface area contributed by atoms with Crippen molar-refractivity contribution < 1.29 is 4.79 Å². The maximum atomic E-state index is 11.9. The predicted octanol–water partition coefficient (Wildman–Crippen LogP) is 7.93. The summed E-state index contributed by atoms with van der Waals surface area (Å²) in [4.78, 5) is 14.3. The summed E-state index contributed by atoms with van der Waals surface area (Å²) in [7, 11) is 0.